The van der Waals surface area contributed by atoms with Gasteiger partial charge in [-0.1, -0.05) is 18.2 Å². The normalized spacial score (nSPS) is 16.5. The topological polar surface area (TPSA) is 111 Å². The number of aliphatic hydroxyl groups excluding tert-OH is 1. The van der Waals surface area contributed by atoms with Crippen molar-refractivity contribution in [1.82, 2.24) is 9.13 Å². The number of nitro benzene ring substituents is 1. The van der Waals surface area contributed by atoms with Crippen molar-refractivity contribution in [2.45, 2.75) is 19.1 Å². The van der Waals surface area contributed by atoms with Crippen molar-refractivity contribution < 1.29 is 15.1 Å². The summed E-state index contributed by atoms with van der Waals surface area (Å²) in [6.07, 6.45) is -0.499. The monoisotopic (exact) mass is 327 g/mol. The molecule has 0 saturated carbocycles. The lowest BCUT2D eigenvalue weighted by Crippen LogP contribution is -2.25. The Morgan fingerprint density at radius 2 is 1.88 bits per heavy atom. The van der Waals surface area contributed by atoms with E-state index in [1.165, 1.54) is 16.7 Å². The minimum atomic E-state index is -0.693. The maximum absolute atomic E-state index is 12.6. The summed E-state index contributed by atoms with van der Waals surface area (Å²) in [7, 11) is 0. The first-order valence-electron chi connectivity index (χ1n) is 7.37. The highest BCUT2D eigenvalue weighted by molar-refractivity contribution is 5.97. The van der Waals surface area contributed by atoms with Crippen molar-refractivity contribution in [1.29, 1.82) is 0 Å². The van der Waals surface area contributed by atoms with E-state index in [1.54, 1.807) is 24.3 Å². The van der Waals surface area contributed by atoms with Gasteiger partial charge in [0.05, 0.1) is 34.3 Å². The highest BCUT2D eigenvalue weighted by Gasteiger charge is 2.30. The van der Waals surface area contributed by atoms with Crippen molar-refractivity contribution in [3.63, 3.8) is 0 Å². The van der Waals surface area contributed by atoms with Gasteiger partial charge in [-0.05, 0) is 12.1 Å². The van der Waals surface area contributed by atoms with Gasteiger partial charge in [0, 0.05) is 17.9 Å². The Labute approximate surface area is 135 Å². The Kier molecular flexibility index (Phi) is 2.97. The van der Waals surface area contributed by atoms with E-state index in [-0.39, 0.29) is 24.5 Å². The summed E-state index contributed by atoms with van der Waals surface area (Å²) >= 11 is 0. The number of nitrogens with zero attached hydrogens (tertiary/aromatic N) is 3. The fourth-order valence-electron chi connectivity index (χ4n) is 3.30. The fraction of sp³-hybridized carbons (Fsp3) is 0.188. The molecule has 0 fully saturated rings. The zero-order valence-corrected chi connectivity index (χ0v) is 12.4. The third-order valence-corrected chi connectivity index (χ3v) is 4.36. The second kappa shape index (κ2) is 4.93. The molecule has 24 heavy (non-hydrogen) atoms. The smallest absolute Gasteiger partial charge is 0.336 e. The largest absolute Gasteiger partial charge is 0.493 e. The summed E-state index contributed by atoms with van der Waals surface area (Å²) in [6.45, 7) is 0.125. The van der Waals surface area contributed by atoms with Gasteiger partial charge < -0.3 is 10.2 Å². The van der Waals surface area contributed by atoms with Crippen LogP contribution in [-0.4, -0.2) is 30.4 Å². The van der Waals surface area contributed by atoms with Gasteiger partial charge in [0.2, 0.25) is 5.88 Å². The quantitative estimate of drug-likeness (QED) is 0.545. The zero-order valence-electron chi connectivity index (χ0n) is 12.4. The van der Waals surface area contributed by atoms with Crippen LogP contribution in [0.2, 0.25) is 0 Å². The first-order valence-corrected chi connectivity index (χ1v) is 7.37. The molecule has 0 saturated heterocycles. The molecule has 3 aromatic rings. The average Bonchev–Trinajstić information content (AvgIpc) is 3.05. The van der Waals surface area contributed by atoms with Crippen LogP contribution in [0.15, 0.2) is 41.2 Å². The van der Waals surface area contributed by atoms with Gasteiger partial charge in [0.1, 0.15) is 0 Å². The number of hydrogen-bond donors (Lipinski definition) is 2. The van der Waals surface area contributed by atoms with Crippen LogP contribution in [0.25, 0.3) is 16.5 Å². The molecule has 4 rings (SSSR count). The molecule has 2 aromatic carbocycles. The second-order valence-corrected chi connectivity index (χ2v) is 5.76. The van der Waals surface area contributed by atoms with Crippen molar-refractivity contribution >= 4 is 16.5 Å². The molecule has 1 atom stereocenters. The Bertz CT molecular complexity index is 1050. The van der Waals surface area contributed by atoms with E-state index < -0.39 is 16.7 Å². The molecule has 0 bridgehead atoms. The number of non-ortho nitro benzene ring substituents is 1. The number of aliphatic hydroxyl groups is 1. The van der Waals surface area contributed by atoms with Crippen molar-refractivity contribution in [3.05, 3.63) is 62.7 Å². The molecule has 0 spiro atoms. The van der Waals surface area contributed by atoms with E-state index in [1.807, 2.05) is 0 Å². The Morgan fingerprint density at radius 1 is 1.17 bits per heavy atom. The van der Waals surface area contributed by atoms with E-state index in [0.717, 1.165) is 4.57 Å². The summed E-state index contributed by atoms with van der Waals surface area (Å²) in [5.74, 6) is -0.240. The van der Waals surface area contributed by atoms with E-state index in [9.17, 15) is 25.1 Å². The van der Waals surface area contributed by atoms with Crippen LogP contribution in [0.3, 0.4) is 0 Å². The van der Waals surface area contributed by atoms with Crippen molar-refractivity contribution in [2.24, 2.45) is 0 Å². The van der Waals surface area contributed by atoms with Crippen LogP contribution in [0, 0.1) is 10.1 Å². The van der Waals surface area contributed by atoms with E-state index >= 15 is 0 Å². The molecule has 0 radical (unpaired) electrons. The predicted octanol–water partition coefficient (Wildman–Crippen LogP) is 1.32. The number of rotatable bonds is 2. The Hall–Kier alpha value is -3.13. The fourth-order valence-corrected chi connectivity index (χ4v) is 3.30. The lowest BCUT2D eigenvalue weighted by Gasteiger charge is -2.09. The number of nitro groups is 1. The molecule has 0 amide bonds. The van der Waals surface area contributed by atoms with Crippen LogP contribution < -0.4 is 5.69 Å². The van der Waals surface area contributed by atoms with Gasteiger partial charge in [0.15, 0.2) is 0 Å². The van der Waals surface area contributed by atoms with Crippen molar-refractivity contribution in [3.8, 4) is 11.6 Å². The SMILES string of the molecule is O=c1n2c(c(O)n1-c1ccc([N+](=O)[O-])c3ccccc13)C[C@H](O)C2. The molecular formula is C16H13N3O5. The third-order valence-electron chi connectivity index (χ3n) is 4.36. The molecule has 2 heterocycles. The lowest BCUT2D eigenvalue weighted by atomic mass is 10.1. The number of benzene rings is 2. The molecule has 8 nitrogen and oxygen atoms in total. The van der Waals surface area contributed by atoms with Gasteiger partial charge in [-0.2, -0.15) is 0 Å². The van der Waals surface area contributed by atoms with Gasteiger partial charge in [-0.3, -0.25) is 14.7 Å². The molecule has 1 aromatic heterocycles. The molecule has 0 unspecified atom stereocenters. The number of imidazole rings is 1. The molecule has 0 aliphatic carbocycles. The van der Waals surface area contributed by atoms with E-state index in [0.29, 0.717) is 22.2 Å². The highest BCUT2D eigenvalue weighted by Crippen LogP contribution is 2.33. The minimum absolute atomic E-state index is 0.0657. The summed E-state index contributed by atoms with van der Waals surface area (Å²) in [5.41, 5.74) is 0.201. The molecular weight excluding hydrogens is 314 g/mol. The van der Waals surface area contributed by atoms with Crippen LogP contribution >= 0.6 is 0 Å². The summed E-state index contributed by atoms with van der Waals surface area (Å²) in [4.78, 5) is 23.3. The van der Waals surface area contributed by atoms with Crippen LogP contribution in [0.5, 0.6) is 5.88 Å². The maximum atomic E-state index is 12.6. The van der Waals surface area contributed by atoms with E-state index in [2.05, 4.69) is 0 Å². The predicted molar refractivity (Wildman–Crippen MR) is 85.6 cm³/mol. The number of fused-ring (bicyclic) bond motifs is 2. The summed E-state index contributed by atoms with van der Waals surface area (Å²) in [6, 6.07) is 9.44. The number of aromatic nitrogens is 2. The molecule has 1 aliphatic rings. The Balaban J connectivity index is 2.04. The molecule has 1 aliphatic heterocycles. The second-order valence-electron chi connectivity index (χ2n) is 5.76. The summed E-state index contributed by atoms with van der Waals surface area (Å²) in [5, 5.41) is 32.2. The molecule has 8 heteroatoms. The lowest BCUT2D eigenvalue weighted by molar-refractivity contribution is -0.383. The average molecular weight is 327 g/mol. The van der Waals surface area contributed by atoms with Gasteiger partial charge in [-0.15, -0.1) is 0 Å². The molecule has 122 valence electrons. The minimum Gasteiger partial charge on any atom is -0.493 e. The zero-order chi connectivity index (χ0) is 17.0. The first kappa shape index (κ1) is 14.5. The highest BCUT2D eigenvalue weighted by atomic mass is 16.6. The number of hydrogen-bond acceptors (Lipinski definition) is 5. The van der Waals surface area contributed by atoms with Gasteiger partial charge >= 0.3 is 5.69 Å². The van der Waals surface area contributed by atoms with Crippen LogP contribution in [0.4, 0.5) is 5.69 Å². The van der Waals surface area contributed by atoms with Gasteiger partial charge in [0.25, 0.3) is 5.69 Å². The molecule has 2 N–H and O–H groups in total. The maximum Gasteiger partial charge on any atom is 0.336 e. The van der Waals surface area contributed by atoms with E-state index in [4.69, 9.17) is 0 Å². The van der Waals surface area contributed by atoms with Gasteiger partial charge in [-0.25, -0.2) is 9.36 Å². The van der Waals surface area contributed by atoms with Crippen LogP contribution in [0.1, 0.15) is 5.69 Å². The first-order chi connectivity index (χ1) is 11.5. The van der Waals surface area contributed by atoms with Crippen molar-refractivity contribution in [2.75, 3.05) is 0 Å². The number of aromatic hydroxyl groups is 1. The standard InChI is InChI=1S/C16H13N3O5/c20-9-7-14-15(21)18(16(22)17(14)8-9)12-5-6-13(19(23)24)11-4-2-1-3-10(11)12/h1-6,9,20-21H,7-8H2/t9-/m0/s1. The summed E-state index contributed by atoms with van der Waals surface area (Å²) < 4.78 is 2.46. The third kappa shape index (κ3) is 1.86. The Morgan fingerprint density at radius 3 is 2.54 bits per heavy atom. The van der Waals surface area contributed by atoms with Crippen LogP contribution in [-0.2, 0) is 13.0 Å².